The summed E-state index contributed by atoms with van der Waals surface area (Å²) in [6.07, 6.45) is 4.96. The number of hydrogen-bond donors (Lipinski definition) is 1. The Bertz CT molecular complexity index is 1220. The van der Waals surface area contributed by atoms with Gasteiger partial charge in [0.1, 0.15) is 29.2 Å². The Labute approximate surface area is 203 Å². The second kappa shape index (κ2) is 5.98. The molecule has 5 heterocycles. The third-order valence-corrected chi connectivity index (χ3v) is 10.1. The van der Waals surface area contributed by atoms with E-state index in [2.05, 4.69) is 0 Å². The third kappa shape index (κ3) is 2.24. The van der Waals surface area contributed by atoms with E-state index in [1.807, 2.05) is 39.8 Å². The minimum absolute atomic E-state index is 0.0292. The van der Waals surface area contributed by atoms with Crippen LogP contribution >= 0.6 is 0 Å². The predicted molar refractivity (Wildman–Crippen MR) is 119 cm³/mol. The van der Waals surface area contributed by atoms with Gasteiger partial charge in [-0.2, -0.15) is 0 Å². The number of fused-ring (bicyclic) bond motifs is 3. The van der Waals surface area contributed by atoms with Gasteiger partial charge in [-0.25, -0.2) is 4.79 Å². The van der Waals surface area contributed by atoms with E-state index in [9.17, 15) is 19.5 Å². The van der Waals surface area contributed by atoms with Gasteiger partial charge in [0.05, 0.1) is 6.26 Å². The van der Waals surface area contributed by atoms with Crippen LogP contribution in [0.15, 0.2) is 35.1 Å². The Balaban J connectivity index is 1.45. The van der Waals surface area contributed by atoms with Crippen LogP contribution in [0.3, 0.4) is 0 Å². The fraction of sp³-hybridized carbons (Fsp3) is 0.667. The maximum atomic E-state index is 14.4. The lowest BCUT2D eigenvalue weighted by Crippen LogP contribution is -2.65. The van der Waals surface area contributed by atoms with Gasteiger partial charge in [-0.3, -0.25) is 9.59 Å². The highest BCUT2D eigenvalue weighted by Crippen LogP contribution is 2.69. The van der Waals surface area contributed by atoms with Crippen LogP contribution in [0, 0.1) is 23.2 Å². The molecule has 7 aliphatic rings. The van der Waals surface area contributed by atoms with Crippen LogP contribution in [-0.4, -0.2) is 57.4 Å². The molecule has 4 saturated heterocycles. The first-order chi connectivity index (χ1) is 16.3. The van der Waals surface area contributed by atoms with Crippen molar-refractivity contribution in [2.45, 2.75) is 88.7 Å². The maximum absolute atomic E-state index is 14.4. The first kappa shape index (κ1) is 21.9. The quantitative estimate of drug-likeness (QED) is 0.524. The Morgan fingerprint density at radius 3 is 2.49 bits per heavy atom. The molecule has 9 unspecified atom stereocenters. The smallest absolute Gasteiger partial charge is 0.341 e. The summed E-state index contributed by atoms with van der Waals surface area (Å²) < 4.78 is 24.9. The molecule has 186 valence electrons. The van der Waals surface area contributed by atoms with Crippen molar-refractivity contribution in [3.63, 3.8) is 0 Å². The number of ether oxygens (including phenoxy) is 4. The second-order valence-corrected chi connectivity index (χ2v) is 12.4. The topological polar surface area (TPSA) is 108 Å². The minimum atomic E-state index is -1.95. The first-order valence-electron chi connectivity index (χ1n) is 12.5. The zero-order chi connectivity index (χ0) is 24.9. The molecule has 35 heavy (non-hydrogen) atoms. The number of hydrogen-bond acceptors (Lipinski definition) is 8. The SMILES string of the molecule is CC1C(=O)C2(C)CCC34CC5=COC(C)(C)C5=CC=C3C(=O)C3(OC5C(OC(=O)C5(C)O)C1C23)O4. The normalized spacial score (nSPS) is 52.7. The molecule has 7 rings (SSSR count). The van der Waals surface area contributed by atoms with E-state index in [1.165, 1.54) is 6.92 Å². The van der Waals surface area contributed by atoms with Crippen molar-refractivity contribution in [2.75, 3.05) is 0 Å². The van der Waals surface area contributed by atoms with Crippen molar-refractivity contribution in [2.24, 2.45) is 23.2 Å². The van der Waals surface area contributed by atoms with Gasteiger partial charge in [-0.05, 0) is 39.2 Å². The van der Waals surface area contributed by atoms with Crippen LogP contribution in [0.25, 0.3) is 0 Å². The summed E-state index contributed by atoms with van der Waals surface area (Å²) in [7, 11) is 0. The largest absolute Gasteiger partial charge is 0.490 e. The van der Waals surface area contributed by atoms with Crippen molar-refractivity contribution in [1.82, 2.24) is 0 Å². The van der Waals surface area contributed by atoms with E-state index in [-0.39, 0.29) is 11.6 Å². The summed E-state index contributed by atoms with van der Waals surface area (Å²) in [5.41, 5.74) is -1.86. The van der Waals surface area contributed by atoms with Crippen molar-refractivity contribution in [1.29, 1.82) is 0 Å². The zero-order valence-electron chi connectivity index (χ0n) is 20.5. The van der Waals surface area contributed by atoms with Crippen LogP contribution in [0.4, 0.5) is 0 Å². The van der Waals surface area contributed by atoms with E-state index < -0.39 is 63.9 Å². The van der Waals surface area contributed by atoms with E-state index in [1.54, 1.807) is 6.26 Å². The van der Waals surface area contributed by atoms with E-state index in [4.69, 9.17) is 18.9 Å². The average molecular weight is 483 g/mol. The van der Waals surface area contributed by atoms with Gasteiger partial charge >= 0.3 is 5.97 Å². The molecule has 9 atom stereocenters. The second-order valence-electron chi connectivity index (χ2n) is 12.4. The van der Waals surface area contributed by atoms with Gasteiger partial charge in [-0.15, -0.1) is 0 Å². The summed E-state index contributed by atoms with van der Waals surface area (Å²) in [6, 6.07) is 0. The number of aliphatic hydroxyl groups is 1. The van der Waals surface area contributed by atoms with Crippen molar-refractivity contribution in [3.05, 3.63) is 35.1 Å². The lowest BCUT2D eigenvalue weighted by atomic mass is 9.62. The monoisotopic (exact) mass is 482 g/mol. The standard InChI is InChI=1S/C27H30O8/c1-12-16-17-21(25(5,31)22(30)33-17)34-27-18(16)24(4,19(12)28)8-9-26(35-27)10-13-11-32-23(2,3)14(13)6-7-15(26)20(27)29/h6-7,11-12,16-18,21,31H,8-10H2,1-5H3. The highest BCUT2D eigenvalue weighted by Gasteiger charge is 2.81. The molecule has 0 aromatic heterocycles. The predicted octanol–water partition coefficient (Wildman–Crippen LogP) is 2.30. The number of Topliss-reactive ketones (excluding diaryl/α,β-unsaturated/α-hetero) is 2. The number of carbonyl (C=O) groups excluding carboxylic acids is 3. The minimum Gasteiger partial charge on any atom is -0.490 e. The van der Waals surface area contributed by atoms with Crippen molar-refractivity contribution in [3.8, 4) is 0 Å². The molecule has 0 radical (unpaired) electrons. The van der Waals surface area contributed by atoms with Gasteiger partial charge in [0.2, 0.25) is 11.6 Å². The summed E-state index contributed by atoms with van der Waals surface area (Å²) in [4.78, 5) is 40.8. The lowest BCUT2D eigenvalue weighted by Gasteiger charge is -2.50. The van der Waals surface area contributed by atoms with Crippen molar-refractivity contribution < 1.29 is 38.4 Å². The average Bonchev–Trinajstić information content (AvgIpc) is 3.26. The highest BCUT2D eigenvalue weighted by molar-refractivity contribution is 6.07. The van der Waals surface area contributed by atoms with Gasteiger partial charge < -0.3 is 24.1 Å². The van der Waals surface area contributed by atoms with Crippen LogP contribution in [0.5, 0.6) is 0 Å². The summed E-state index contributed by atoms with van der Waals surface area (Å²) in [5.74, 6) is -4.46. The van der Waals surface area contributed by atoms with Gasteiger partial charge in [0.25, 0.3) is 0 Å². The highest BCUT2D eigenvalue weighted by atomic mass is 16.7. The number of carbonyl (C=O) groups is 3. The molecule has 8 nitrogen and oxygen atoms in total. The molecule has 1 N–H and O–H groups in total. The molecule has 2 bridgehead atoms. The molecule has 0 aromatic carbocycles. The molecule has 2 aliphatic carbocycles. The molecule has 0 amide bonds. The lowest BCUT2D eigenvalue weighted by molar-refractivity contribution is -0.334. The number of esters is 1. The van der Waals surface area contributed by atoms with Crippen LogP contribution in [0.2, 0.25) is 0 Å². The van der Waals surface area contributed by atoms with Crippen LogP contribution in [0.1, 0.15) is 53.9 Å². The maximum Gasteiger partial charge on any atom is 0.341 e. The fourth-order valence-corrected chi connectivity index (χ4v) is 8.27. The van der Waals surface area contributed by atoms with E-state index >= 15 is 0 Å². The molecule has 5 fully saturated rings. The van der Waals surface area contributed by atoms with E-state index in [0.717, 1.165) is 11.1 Å². The van der Waals surface area contributed by atoms with Gasteiger partial charge in [0, 0.05) is 40.7 Å². The van der Waals surface area contributed by atoms with Gasteiger partial charge in [0.15, 0.2) is 5.60 Å². The van der Waals surface area contributed by atoms with Crippen molar-refractivity contribution >= 4 is 17.5 Å². The first-order valence-corrected chi connectivity index (χ1v) is 12.5. The number of allylic oxidation sites excluding steroid dienone is 2. The van der Waals surface area contributed by atoms with E-state index in [0.29, 0.717) is 24.8 Å². The Morgan fingerprint density at radius 2 is 1.74 bits per heavy atom. The molecule has 1 saturated carbocycles. The van der Waals surface area contributed by atoms with Crippen LogP contribution < -0.4 is 0 Å². The summed E-state index contributed by atoms with van der Waals surface area (Å²) >= 11 is 0. The fourth-order valence-electron chi connectivity index (χ4n) is 8.27. The molecule has 2 spiro atoms. The summed E-state index contributed by atoms with van der Waals surface area (Å²) in [6.45, 7) is 9.04. The van der Waals surface area contributed by atoms with Crippen LogP contribution in [-0.2, 0) is 33.3 Å². The Kier molecular flexibility index (Phi) is 3.75. The molecular formula is C27H30O8. The Morgan fingerprint density at radius 1 is 1.03 bits per heavy atom. The molecule has 5 aliphatic heterocycles. The number of ketones is 2. The molecule has 0 aromatic rings. The summed E-state index contributed by atoms with van der Waals surface area (Å²) in [5, 5.41) is 11.1. The molecular weight excluding hydrogens is 452 g/mol. The zero-order valence-corrected chi connectivity index (χ0v) is 20.5. The van der Waals surface area contributed by atoms with Gasteiger partial charge in [-0.1, -0.05) is 26.0 Å². The molecule has 8 heteroatoms. The number of rotatable bonds is 0. The third-order valence-electron chi connectivity index (χ3n) is 10.1. The Hall–Kier alpha value is -2.29.